The third-order valence-electron chi connectivity index (χ3n) is 3.75. The molecule has 0 saturated carbocycles. The summed E-state index contributed by atoms with van der Waals surface area (Å²) >= 11 is 0. The Bertz CT molecular complexity index is 838. The fourth-order valence-electron chi connectivity index (χ4n) is 2.22. The molecule has 2 N–H and O–H groups in total. The Morgan fingerprint density at radius 3 is 2.52 bits per heavy atom. The maximum atomic E-state index is 11.9. The number of benzene rings is 2. The summed E-state index contributed by atoms with van der Waals surface area (Å²) in [5.41, 5.74) is 4.04. The van der Waals surface area contributed by atoms with Gasteiger partial charge in [-0.3, -0.25) is 9.59 Å². The van der Waals surface area contributed by atoms with Gasteiger partial charge in [0.2, 0.25) is 0 Å². The van der Waals surface area contributed by atoms with E-state index in [9.17, 15) is 9.59 Å². The van der Waals surface area contributed by atoms with E-state index in [2.05, 4.69) is 15.8 Å². The number of ether oxygens (including phenoxy) is 2. The number of carbonyl (C=O) groups excluding carboxylic acids is 2. The lowest BCUT2D eigenvalue weighted by Gasteiger charge is -2.14. The molecule has 0 spiro atoms. The minimum atomic E-state index is -0.266. The molecule has 2 aromatic rings. The first kappa shape index (κ1) is 21.7. The molecule has 8 heteroatoms. The Kier molecular flexibility index (Phi) is 8.50. The maximum Gasteiger partial charge on any atom is 0.259 e. The molecule has 0 atom stereocenters. The molecule has 0 fully saturated rings. The number of anilines is 1. The van der Waals surface area contributed by atoms with Crippen molar-refractivity contribution >= 4 is 23.7 Å². The Morgan fingerprint density at radius 1 is 1.07 bits per heavy atom. The molecule has 0 aliphatic heterocycles. The van der Waals surface area contributed by atoms with E-state index in [1.54, 1.807) is 32.3 Å². The SMILES string of the molecule is CCOc1cc(/C=N\NC(=O)CNc2ccccc2)ccc1OCC(=O)N(C)C. The molecule has 2 rings (SSSR count). The summed E-state index contributed by atoms with van der Waals surface area (Å²) < 4.78 is 11.1. The van der Waals surface area contributed by atoms with Crippen LogP contribution in [0.15, 0.2) is 53.6 Å². The number of likely N-dealkylation sites (N-methyl/N-ethyl adjacent to an activating group) is 1. The smallest absolute Gasteiger partial charge is 0.259 e. The first-order valence-electron chi connectivity index (χ1n) is 9.20. The van der Waals surface area contributed by atoms with E-state index in [0.717, 1.165) is 11.3 Å². The topological polar surface area (TPSA) is 92.3 Å². The van der Waals surface area contributed by atoms with Gasteiger partial charge in [0.1, 0.15) is 0 Å². The number of rotatable bonds is 10. The van der Waals surface area contributed by atoms with Gasteiger partial charge in [0.15, 0.2) is 18.1 Å². The van der Waals surface area contributed by atoms with Crippen molar-refractivity contribution in [3.63, 3.8) is 0 Å². The van der Waals surface area contributed by atoms with Crippen LogP contribution in [0.25, 0.3) is 0 Å². The summed E-state index contributed by atoms with van der Waals surface area (Å²) in [6, 6.07) is 14.6. The standard InChI is InChI=1S/C21H26N4O4/c1-4-28-19-12-16(10-11-18(19)29-15-21(27)25(2)3)13-23-24-20(26)14-22-17-8-6-5-7-9-17/h5-13,22H,4,14-15H2,1-3H3,(H,24,26)/b23-13-. The highest BCUT2D eigenvalue weighted by Crippen LogP contribution is 2.28. The van der Waals surface area contributed by atoms with Crippen molar-refractivity contribution in [2.24, 2.45) is 5.10 Å². The number of amides is 2. The summed E-state index contributed by atoms with van der Waals surface area (Å²) in [5.74, 6) is 0.553. The second-order valence-electron chi connectivity index (χ2n) is 6.23. The molecule has 0 aliphatic carbocycles. The highest BCUT2D eigenvalue weighted by atomic mass is 16.5. The van der Waals surface area contributed by atoms with Gasteiger partial charge < -0.3 is 19.7 Å². The van der Waals surface area contributed by atoms with Gasteiger partial charge in [0.05, 0.1) is 19.4 Å². The van der Waals surface area contributed by atoms with Crippen LogP contribution < -0.4 is 20.2 Å². The van der Waals surface area contributed by atoms with Crippen LogP contribution in [-0.2, 0) is 9.59 Å². The molecule has 154 valence electrons. The molecule has 29 heavy (non-hydrogen) atoms. The van der Waals surface area contributed by atoms with Gasteiger partial charge in [0, 0.05) is 19.8 Å². The summed E-state index contributed by atoms with van der Waals surface area (Å²) in [7, 11) is 3.33. The van der Waals surface area contributed by atoms with Crippen LogP contribution in [0.2, 0.25) is 0 Å². The molecule has 0 radical (unpaired) electrons. The largest absolute Gasteiger partial charge is 0.490 e. The van der Waals surface area contributed by atoms with E-state index >= 15 is 0 Å². The van der Waals surface area contributed by atoms with Crippen LogP contribution in [0.1, 0.15) is 12.5 Å². The van der Waals surface area contributed by atoms with E-state index in [0.29, 0.717) is 18.1 Å². The van der Waals surface area contributed by atoms with Gasteiger partial charge >= 0.3 is 0 Å². The lowest BCUT2D eigenvalue weighted by atomic mass is 10.2. The van der Waals surface area contributed by atoms with Gasteiger partial charge in [-0.05, 0) is 42.8 Å². The second-order valence-corrected chi connectivity index (χ2v) is 6.23. The highest BCUT2D eigenvalue weighted by molar-refractivity contribution is 5.85. The fraction of sp³-hybridized carbons (Fsp3) is 0.286. The predicted octanol–water partition coefficient (Wildman–Crippen LogP) is 2.11. The molecule has 0 aromatic heterocycles. The normalized spacial score (nSPS) is 10.4. The predicted molar refractivity (Wildman–Crippen MR) is 112 cm³/mol. The van der Waals surface area contributed by atoms with Crippen LogP contribution in [0.3, 0.4) is 0 Å². The first-order valence-corrected chi connectivity index (χ1v) is 9.20. The molecule has 0 heterocycles. The van der Waals surface area contributed by atoms with Crippen molar-refractivity contribution in [1.29, 1.82) is 0 Å². The number of hydrazone groups is 1. The lowest BCUT2D eigenvalue weighted by molar-refractivity contribution is -0.130. The van der Waals surface area contributed by atoms with Crippen LogP contribution >= 0.6 is 0 Å². The van der Waals surface area contributed by atoms with Crippen molar-refractivity contribution < 1.29 is 19.1 Å². The summed E-state index contributed by atoms with van der Waals surface area (Å²) in [6.45, 7) is 2.33. The summed E-state index contributed by atoms with van der Waals surface area (Å²) in [4.78, 5) is 25.0. The van der Waals surface area contributed by atoms with Crippen molar-refractivity contribution in [2.45, 2.75) is 6.92 Å². The quantitative estimate of drug-likeness (QED) is 0.472. The Hall–Kier alpha value is -3.55. The van der Waals surface area contributed by atoms with Crippen LogP contribution in [0.4, 0.5) is 5.69 Å². The van der Waals surface area contributed by atoms with Gasteiger partial charge in [-0.25, -0.2) is 5.43 Å². The zero-order valence-electron chi connectivity index (χ0n) is 16.8. The fourth-order valence-corrected chi connectivity index (χ4v) is 2.22. The Morgan fingerprint density at radius 2 is 1.83 bits per heavy atom. The van der Waals surface area contributed by atoms with Gasteiger partial charge in [-0.15, -0.1) is 0 Å². The number of carbonyl (C=O) groups is 2. The zero-order chi connectivity index (χ0) is 21.1. The number of nitrogens with one attached hydrogen (secondary N) is 2. The van der Waals surface area contributed by atoms with Crippen molar-refractivity contribution in [2.75, 3.05) is 39.2 Å². The van der Waals surface area contributed by atoms with Gasteiger partial charge in [-0.1, -0.05) is 18.2 Å². The molecule has 0 saturated heterocycles. The average Bonchev–Trinajstić information content (AvgIpc) is 2.72. The van der Waals surface area contributed by atoms with Crippen molar-refractivity contribution in [1.82, 2.24) is 10.3 Å². The maximum absolute atomic E-state index is 11.9. The summed E-state index contributed by atoms with van der Waals surface area (Å²) in [5, 5.41) is 6.96. The van der Waals surface area contributed by atoms with Gasteiger partial charge in [0.25, 0.3) is 11.8 Å². The first-order chi connectivity index (χ1) is 14.0. The highest BCUT2D eigenvalue weighted by Gasteiger charge is 2.10. The third-order valence-corrected chi connectivity index (χ3v) is 3.75. The van der Waals surface area contributed by atoms with Crippen molar-refractivity contribution in [3.8, 4) is 11.5 Å². The van der Waals surface area contributed by atoms with Crippen LogP contribution in [0, 0.1) is 0 Å². The monoisotopic (exact) mass is 398 g/mol. The summed E-state index contributed by atoms with van der Waals surface area (Å²) in [6.07, 6.45) is 1.51. The minimum absolute atomic E-state index is 0.0784. The Labute approximate surface area is 170 Å². The lowest BCUT2D eigenvalue weighted by Crippen LogP contribution is -2.27. The van der Waals surface area contributed by atoms with E-state index in [4.69, 9.17) is 9.47 Å². The van der Waals surface area contributed by atoms with Gasteiger partial charge in [-0.2, -0.15) is 5.10 Å². The molecule has 0 bridgehead atoms. The van der Waals surface area contributed by atoms with E-state index < -0.39 is 0 Å². The molecule has 0 aliphatic rings. The zero-order valence-corrected chi connectivity index (χ0v) is 16.8. The third kappa shape index (κ3) is 7.53. The molecule has 8 nitrogen and oxygen atoms in total. The van der Waals surface area contributed by atoms with E-state index in [1.165, 1.54) is 11.1 Å². The van der Waals surface area contributed by atoms with E-state index in [-0.39, 0.29) is 25.0 Å². The Balaban J connectivity index is 1.91. The molecule has 2 aromatic carbocycles. The molecular formula is C21H26N4O4. The number of para-hydroxylation sites is 1. The van der Waals surface area contributed by atoms with Crippen LogP contribution in [0.5, 0.6) is 11.5 Å². The van der Waals surface area contributed by atoms with Crippen molar-refractivity contribution in [3.05, 3.63) is 54.1 Å². The second kappa shape index (κ2) is 11.3. The average molecular weight is 398 g/mol. The number of hydrogen-bond acceptors (Lipinski definition) is 6. The molecular weight excluding hydrogens is 372 g/mol. The molecule has 0 unspecified atom stereocenters. The van der Waals surface area contributed by atoms with Crippen LogP contribution in [-0.4, -0.2) is 56.8 Å². The molecule has 2 amide bonds. The minimum Gasteiger partial charge on any atom is -0.490 e. The number of nitrogens with zero attached hydrogens (tertiary/aromatic N) is 2. The van der Waals surface area contributed by atoms with E-state index in [1.807, 2.05) is 37.3 Å². The number of hydrogen-bond donors (Lipinski definition) is 2.